The molecule has 0 spiro atoms. The maximum Gasteiger partial charge on any atom is 0.270 e. The van der Waals surface area contributed by atoms with Crippen molar-refractivity contribution in [1.29, 1.82) is 0 Å². The number of non-ortho nitro benzene ring substituents is 1. The fourth-order valence-corrected chi connectivity index (χ4v) is 2.15. The smallest absolute Gasteiger partial charge is 0.270 e. The van der Waals surface area contributed by atoms with Gasteiger partial charge in [0, 0.05) is 27.9 Å². The number of nitro benzene ring substituents is 1. The van der Waals surface area contributed by atoms with E-state index in [2.05, 4.69) is 31.8 Å². The predicted octanol–water partition coefficient (Wildman–Crippen LogP) is 3.01. The van der Waals surface area contributed by atoms with Crippen molar-refractivity contribution in [3.8, 4) is 5.75 Å². The third-order valence-corrected chi connectivity index (χ3v) is 3.75. The van der Waals surface area contributed by atoms with E-state index in [1.807, 2.05) is 24.3 Å². The molecule has 0 radical (unpaired) electrons. The van der Waals surface area contributed by atoms with E-state index >= 15 is 0 Å². The summed E-state index contributed by atoms with van der Waals surface area (Å²) in [6.07, 6.45) is 1.15. The van der Waals surface area contributed by atoms with Crippen LogP contribution >= 0.6 is 15.9 Å². The molecule has 0 aliphatic rings. The van der Waals surface area contributed by atoms with Gasteiger partial charge in [0.05, 0.1) is 11.1 Å². The maximum atomic E-state index is 12.0. The predicted molar refractivity (Wildman–Crippen MR) is 97.7 cm³/mol. The van der Waals surface area contributed by atoms with Crippen LogP contribution in [0.5, 0.6) is 5.75 Å². The lowest BCUT2D eigenvalue weighted by molar-refractivity contribution is -0.384. The molecule has 130 valence electrons. The van der Waals surface area contributed by atoms with Crippen molar-refractivity contribution >= 4 is 39.4 Å². The molecule has 0 unspecified atom stereocenters. The van der Waals surface area contributed by atoms with Gasteiger partial charge in [-0.3, -0.25) is 14.9 Å². The number of hydrazone groups is 1. The van der Waals surface area contributed by atoms with Crippen LogP contribution in [0, 0.1) is 10.1 Å². The van der Waals surface area contributed by atoms with Crippen LogP contribution in [0.15, 0.2) is 52.0 Å². The molecule has 1 atom stereocenters. The number of hydrogen-bond donors (Lipinski definition) is 3. The van der Waals surface area contributed by atoms with Crippen molar-refractivity contribution in [1.82, 2.24) is 5.43 Å². The minimum atomic E-state index is -0.584. The van der Waals surface area contributed by atoms with Crippen molar-refractivity contribution in [2.24, 2.45) is 5.10 Å². The topological polar surface area (TPSA) is 117 Å². The Hall–Kier alpha value is -2.94. The minimum absolute atomic E-state index is 0.128. The normalized spacial score (nSPS) is 11.9. The number of halogens is 1. The number of carbonyl (C=O) groups is 1. The Morgan fingerprint density at radius 3 is 2.64 bits per heavy atom. The number of phenols is 1. The van der Waals surface area contributed by atoms with Gasteiger partial charge in [0.1, 0.15) is 11.8 Å². The average molecular weight is 407 g/mol. The average Bonchev–Trinajstić information content (AvgIpc) is 2.58. The number of rotatable bonds is 6. The Morgan fingerprint density at radius 2 is 2.00 bits per heavy atom. The van der Waals surface area contributed by atoms with Gasteiger partial charge < -0.3 is 10.4 Å². The Morgan fingerprint density at radius 1 is 1.32 bits per heavy atom. The summed E-state index contributed by atoms with van der Waals surface area (Å²) in [4.78, 5) is 22.1. The summed E-state index contributed by atoms with van der Waals surface area (Å²) in [5.41, 5.74) is 3.03. The van der Waals surface area contributed by atoms with E-state index in [-0.39, 0.29) is 17.0 Å². The third-order valence-electron chi connectivity index (χ3n) is 3.22. The van der Waals surface area contributed by atoms with Crippen LogP contribution in [0.3, 0.4) is 0 Å². The molecular formula is C16H15BrN4O4. The number of nitro groups is 1. The Bertz CT molecular complexity index is 808. The summed E-state index contributed by atoms with van der Waals surface area (Å²) in [6.45, 7) is 1.66. The molecule has 0 heterocycles. The summed E-state index contributed by atoms with van der Waals surface area (Å²) >= 11 is 3.33. The molecule has 0 bridgehead atoms. The van der Waals surface area contributed by atoms with Crippen LogP contribution in [0.1, 0.15) is 12.5 Å². The summed E-state index contributed by atoms with van der Waals surface area (Å²) < 4.78 is 0.927. The molecule has 25 heavy (non-hydrogen) atoms. The van der Waals surface area contributed by atoms with E-state index in [4.69, 9.17) is 0 Å². The standard InChI is InChI=1S/C16H15BrN4O4/c1-10(19-13-4-2-12(17)3-5-13)16(23)20-18-9-11-8-14(21(24)25)6-7-15(11)22/h2-10,19,22H,1H3,(H,20,23)/b18-9-/t10-/m0/s1. The first kappa shape index (κ1) is 18.4. The number of phenolic OH excluding ortho intramolecular Hbond substituents is 1. The van der Waals surface area contributed by atoms with Gasteiger partial charge in [-0.2, -0.15) is 5.10 Å². The second kappa shape index (κ2) is 8.25. The number of aromatic hydroxyl groups is 1. The molecule has 3 N–H and O–H groups in total. The fourth-order valence-electron chi connectivity index (χ4n) is 1.88. The maximum absolute atomic E-state index is 12.0. The Balaban J connectivity index is 1.96. The number of nitrogens with zero attached hydrogens (tertiary/aromatic N) is 2. The highest BCUT2D eigenvalue weighted by Crippen LogP contribution is 2.21. The largest absolute Gasteiger partial charge is 0.507 e. The highest BCUT2D eigenvalue weighted by atomic mass is 79.9. The van der Waals surface area contributed by atoms with Crippen molar-refractivity contribution in [3.05, 3.63) is 62.6 Å². The number of nitrogens with one attached hydrogen (secondary N) is 2. The fraction of sp³-hybridized carbons (Fsp3) is 0.125. The number of amides is 1. The summed E-state index contributed by atoms with van der Waals surface area (Å²) in [7, 11) is 0. The van der Waals surface area contributed by atoms with Gasteiger partial charge >= 0.3 is 0 Å². The molecule has 0 saturated carbocycles. The van der Waals surface area contributed by atoms with Gasteiger partial charge in [-0.25, -0.2) is 5.43 Å². The van der Waals surface area contributed by atoms with Gasteiger partial charge in [-0.1, -0.05) is 15.9 Å². The van der Waals surface area contributed by atoms with Gasteiger partial charge in [0.25, 0.3) is 11.6 Å². The molecule has 2 rings (SSSR count). The molecule has 8 nitrogen and oxygen atoms in total. The second-order valence-corrected chi connectivity index (χ2v) is 6.02. The lowest BCUT2D eigenvalue weighted by atomic mass is 10.2. The number of hydrogen-bond acceptors (Lipinski definition) is 6. The lowest BCUT2D eigenvalue weighted by Gasteiger charge is -2.13. The number of benzene rings is 2. The van der Waals surface area contributed by atoms with Crippen LogP contribution in [0.4, 0.5) is 11.4 Å². The first-order chi connectivity index (χ1) is 11.9. The molecule has 9 heteroatoms. The van der Waals surface area contributed by atoms with E-state index in [0.29, 0.717) is 0 Å². The van der Waals surface area contributed by atoms with Crippen LogP contribution in [-0.4, -0.2) is 28.2 Å². The van der Waals surface area contributed by atoms with Crippen LogP contribution in [0.2, 0.25) is 0 Å². The summed E-state index contributed by atoms with van der Waals surface area (Å²) in [6, 6.07) is 10.3. The number of anilines is 1. The van der Waals surface area contributed by atoms with Gasteiger partial charge in [-0.15, -0.1) is 0 Å². The first-order valence-corrected chi connectivity index (χ1v) is 7.98. The van der Waals surface area contributed by atoms with E-state index in [1.165, 1.54) is 12.1 Å². The SMILES string of the molecule is C[C@H](Nc1ccc(Br)cc1)C(=O)N/N=C\c1cc([N+](=O)[O-])ccc1O. The van der Waals surface area contributed by atoms with E-state index in [9.17, 15) is 20.0 Å². The molecule has 0 aromatic heterocycles. The number of carbonyl (C=O) groups excluding carboxylic acids is 1. The molecule has 2 aromatic carbocycles. The lowest BCUT2D eigenvalue weighted by Crippen LogP contribution is -2.34. The van der Waals surface area contributed by atoms with Gasteiger partial charge in [-0.05, 0) is 37.3 Å². The molecule has 2 aromatic rings. The zero-order chi connectivity index (χ0) is 18.4. The van der Waals surface area contributed by atoms with Crippen LogP contribution in [-0.2, 0) is 4.79 Å². The Labute approximate surface area is 151 Å². The second-order valence-electron chi connectivity index (χ2n) is 5.11. The van der Waals surface area contributed by atoms with Crippen molar-refractivity contribution in [3.63, 3.8) is 0 Å². The van der Waals surface area contributed by atoms with E-state index < -0.39 is 16.9 Å². The zero-order valence-corrected chi connectivity index (χ0v) is 14.7. The van der Waals surface area contributed by atoms with Crippen molar-refractivity contribution < 1.29 is 14.8 Å². The highest BCUT2D eigenvalue weighted by Gasteiger charge is 2.12. The quantitative estimate of drug-likeness (QED) is 0.387. The highest BCUT2D eigenvalue weighted by molar-refractivity contribution is 9.10. The van der Waals surface area contributed by atoms with Crippen LogP contribution in [0.25, 0.3) is 0 Å². The molecule has 0 fully saturated rings. The van der Waals surface area contributed by atoms with E-state index in [1.54, 1.807) is 6.92 Å². The Kier molecular flexibility index (Phi) is 6.07. The van der Waals surface area contributed by atoms with Gasteiger partial charge in [0.2, 0.25) is 0 Å². The summed E-state index contributed by atoms with van der Waals surface area (Å²) in [5, 5.41) is 27.1. The third kappa shape index (κ3) is 5.28. The van der Waals surface area contributed by atoms with Crippen molar-refractivity contribution in [2.45, 2.75) is 13.0 Å². The molecule has 0 aliphatic heterocycles. The minimum Gasteiger partial charge on any atom is -0.507 e. The van der Waals surface area contributed by atoms with Gasteiger partial charge in [0.15, 0.2) is 0 Å². The first-order valence-electron chi connectivity index (χ1n) is 7.19. The molecule has 1 amide bonds. The molecular weight excluding hydrogens is 392 g/mol. The monoisotopic (exact) mass is 406 g/mol. The van der Waals surface area contributed by atoms with Crippen molar-refractivity contribution in [2.75, 3.05) is 5.32 Å². The van der Waals surface area contributed by atoms with Crippen LogP contribution < -0.4 is 10.7 Å². The summed E-state index contributed by atoms with van der Waals surface area (Å²) in [5.74, 6) is -0.575. The molecule has 0 saturated heterocycles. The van der Waals surface area contributed by atoms with E-state index in [0.717, 1.165) is 22.4 Å². The zero-order valence-electron chi connectivity index (χ0n) is 13.1. The molecule has 0 aliphatic carbocycles.